The van der Waals surface area contributed by atoms with E-state index in [9.17, 15) is 14.9 Å². The topological polar surface area (TPSA) is 93.5 Å². The van der Waals surface area contributed by atoms with E-state index in [1.165, 1.54) is 29.8 Å². The molecule has 0 saturated carbocycles. The second-order valence-corrected chi connectivity index (χ2v) is 7.47. The van der Waals surface area contributed by atoms with Crippen LogP contribution in [0.5, 0.6) is 5.75 Å². The summed E-state index contributed by atoms with van der Waals surface area (Å²) in [5, 5.41) is 16.5. The summed E-state index contributed by atoms with van der Waals surface area (Å²) in [6.45, 7) is 0.540. The Bertz CT molecular complexity index is 1150. The van der Waals surface area contributed by atoms with E-state index in [-0.39, 0.29) is 10.8 Å². The molecule has 0 saturated heterocycles. The number of benzene rings is 3. The molecule has 0 aliphatic carbocycles. The maximum atomic E-state index is 12.2. The van der Waals surface area contributed by atoms with Gasteiger partial charge in [0.2, 0.25) is 5.91 Å². The zero-order chi connectivity index (χ0) is 23.5. The van der Waals surface area contributed by atoms with Gasteiger partial charge in [0.15, 0.2) is 5.11 Å². The summed E-state index contributed by atoms with van der Waals surface area (Å²) in [7, 11) is 0. The highest BCUT2D eigenvalue weighted by atomic mass is 32.1. The number of ether oxygens (including phenoxy) is 1. The number of amides is 1. The van der Waals surface area contributed by atoms with Gasteiger partial charge >= 0.3 is 0 Å². The van der Waals surface area contributed by atoms with E-state index >= 15 is 0 Å². The van der Waals surface area contributed by atoms with Crippen molar-refractivity contribution in [3.63, 3.8) is 0 Å². The van der Waals surface area contributed by atoms with Crippen LogP contribution in [0.4, 0.5) is 11.4 Å². The lowest BCUT2D eigenvalue weighted by molar-refractivity contribution is -0.384. The van der Waals surface area contributed by atoms with E-state index in [4.69, 9.17) is 17.0 Å². The zero-order valence-corrected chi connectivity index (χ0v) is 18.6. The Kier molecular flexibility index (Phi) is 8.67. The monoisotopic (exact) mass is 461 g/mol. The van der Waals surface area contributed by atoms with E-state index in [2.05, 4.69) is 22.8 Å². The number of carbonyl (C=O) groups is 1. The molecule has 0 heterocycles. The third-order valence-corrected chi connectivity index (χ3v) is 4.79. The second-order valence-electron chi connectivity index (χ2n) is 7.06. The fourth-order valence-electron chi connectivity index (χ4n) is 3.02. The van der Waals surface area contributed by atoms with Crippen molar-refractivity contribution >= 4 is 40.7 Å². The van der Waals surface area contributed by atoms with Crippen LogP contribution in [-0.4, -0.2) is 22.5 Å². The predicted molar refractivity (Wildman–Crippen MR) is 133 cm³/mol. The maximum Gasteiger partial charge on any atom is 0.270 e. The van der Waals surface area contributed by atoms with Crippen molar-refractivity contribution in [3.8, 4) is 5.75 Å². The van der Waals surface area contributed by atoms with Gasteiger partial charge in [-0.05, 0) is 54.4 Å². The summed E-state index contributed by atoms with van der Waals surface area (Å²) < 4.78 is 5.90. The van der Waals surface area contributed by atoms with Crippen LogP contribution in [0.25, 0.3) is 6.08 Å². The molecule has 0 bridgehead atoms. The number of nitrogens with one attached hydrogen (secondary N) is 2. The number of thiocarbonyl (C=S) groups is 1. The molecule has 0 aliphatic heterocycles. The third-order valence-electron chi connectivity index (χ3n) is 4.59. The van der Waals surface area contributed by atoms with Crippen molar-refractivity contribution in [1.29, 1.82) is 0 Å². The van der Waals surface area contributed by atoms with Crippen LogP contribution in [0.15, 0.2) is 84.9 Å². The van der Waals surface area contributed by atoms with Crippen LogP contribution in [0.1, 0.15) is 17.5 Å². The van der Waals surface area contributed by atoms with Crippen molar-refractivity contribution < 1.29 is 14.5 Å². The van der Waals surface area contributed by atoms with E-state index < -0.39 is 10.8 Å². The first-order chi connectivity index (χ1) is 16.0. The SMILES string of the molecule is O=C(/C=C/c1cccc([N+](=O)[O-])c1)NC(=S)Nc1ccccc1OCCCc1ccccc1. The molecule has 0 radical (unpaired) electrons. The predicted octanol–water partition coefficient (Wildman–Crippen LogP) is 5.13. The first kappa shape index (κ1) is 23.6. The van der Waals surface area contributed by atoms with Crippen LogP contribution < -0.4 is 15.4 Å². The minimum absolute atomic E-state index is 0.0462. The Morgan fingerprint density at radius 3 is 2.58 bits per heavy atom. The summed E-state index contributed by atoms with van der Waals surface area (Å²) in [6.07, 6.45) is 4.53. The largest absolute Gasteiger partial charge is 0.491 e. The van der Waals surface area contributed by atoms with Gasteiger partial charge in [0.1, 0.15) is 5.75 Å². The Labute approximate surface area is 197 Å². The van der Waals surface area contributed by atoms with Crippen molar-refractivity contribution in [1.82, 2.24) is 5.32 Å². The van der Waals surface area contributed by atoms with Gasteiger partial charge in [-0.2, -0.15) is 0 Å². The van der Waals surface area contributed by atoms with Crippen LogP contribution in [0.3, 0.4) is 0 Å². The van der Waals surface area contributed by atoms with Gasteiger partial charge in [-0.25, -0.2) is 0 Å². The van der Waals surface area contributed by atoms with Crippen LogP contribution in [0, 0.1) is 10.1 Å². The molecule has 0 aliphatic rings. The van der Waals surface area contributed by atoms with Crippen LogP contribution in [0.2, 0.25) is 0 Å². The highest BCUT2D eigenvalue weighted by molar-refractivity contribution is 7.80. The van der Waals surface area contributed by atoms with Crippen molar-refractivity contribution in [2.24, 2.45) is 0 Å². The number of aryl methyl sites for hydroxylation is 1. The number of anilines is 1. The van der Waals surface area contributed by atoms with Gasteiger partial charge in [-0.1, -0.05) is 54.6 Å². The summed E-state index contributed by atoms with van der Waals surface area (Å²) in [4.78, 5) is 22.5. The zero-order valence-electron chi connectivity index (χ0n) is 17.8. The fourth-order valence-corrected chi connectivity index (χ4v) is 3.23. The normalized spacial score (nSPS) is 10.5. The second kappa shape index (κ2) is 12.1. The lowest BCUT2D eigenvalue weighted by Gasteiger charge is -2.14. The summed E-state index contributed by atoms with van der Waals surface area (Å²) in [5.74, 6) is 0.176. The smallest absolute Gasteiger partial charge is 0.270 e. The molecule has 2 N–H and O–H groups in total. The highest BCUT2D eigenvalue weighted by Gasteiger charge is 2.08. The fraction of sp³-hybridized carbons (Fsp3) is 0.120. The van der Waals surface area contributed by atoms with Crippen molar-refractivity contribution in [3.05, 3.63) is 106 Å². The van der Waals surface area contributed by atoms with Gasteiger partial charge in [-0.15, -0.1) is 0 Å². The van der Waals surface area contributed by atoms with Crippen LogP contribution in [-0.2, 0) is 11.2 Å². The van der Waals surface area contributed by atoms with Gasteiger partial charge in [0.25, 0.3) is 5.69 Å². The molecule has 3 aromatic carbocycles. The Morgan fingerprint density at radius 2 is 1.79 bits per heavy atom. The number of nitrogens with zero attached hydrogens (tertiary/aromatic N) is 1. The number of nitro benzene ring substituents is 1. The Morgan fingerprint density at radius 1 is 1.03 bits per heavy atom. The average Bonchev–Trinajstić information content (AvgIpc) is 2.82. The molecular weight excluding hydrogens is 438 g/mol. The lowest BCUT2D eigenvalue weighted by Crippen LogP contribution is -2.32. The number of non-ortho nitro benzene ring substituents is 1. The Balaban J connectivity index is 1.50. The lowest BCUT2D eigenvalue weighted by atomic mass is 10.1. The highest BCUT2D eigenvalue weighted by Crippen LogP contribution is 2.24. The first-order valence-electron chi connectivity index (χ1n) is 10.3. The van der Waals surface area contributed by atoms with Gasteiger partial charge in [-0.3, -0.25) is 20.2 Å². The van der Waals surface area contributed by atoms with Gasteiger partial charge < -0.3 is 10.1 Å². The number of nitro groups is 1. The molecule has 3 rings (SSSR count). The third kappa shape index (κ3) is 7.86. The molecule has 168 valence electrons. The van der Waals surface area contributed by atoms with E-state index in [1.54, 1.807) is 12.1 Å². The Hall–Kier alpha value is -4.04. The maximum absolute atomic E-state index is 12.2. The minimum atomic E-state index is -0.488. The number of rotatable bonds is 9. The number of hydrogen-bond acceptors (Lipinski definition) is 5. The van der Waals surface area contributed by atoms with Gasteiger partial charge in [0, 0.05) is 18.2 Å². The average molecular weight is 462 g/mol. The molecule has 7 nitrogen and oxygen atoms in total. The molecular formula is C25H23N3O4S. The number of para-hydroxylation sites is 2. The van der Waals surface area contributed by atoms with Crippen LogP contribution >= 0.6 is 12.2 Å². The van der Waals surface area contributed by atoms with Gasteiger partial charge in [0.05, 0.1) is 17.2 Å². The molecule has 0 unspecified atom stereocenters. The summed E-state index contributed by atoms with van der Waals surface area (Å²) in [5.41, 5.74) is 2.39. The van der Waals surface area contributed by atoms with E-state index in [1.807, 2.05) is 42.5 Å². The van der Waals surface area contributed by atoms with Crippen molar-refractivity contribution in [2.75, 3.05) is 11.9 Å². The molecule has 0 fully saturated rings. The molecule has 0 spiro atoms. The van der Waals surface area contributed by atoms with E-state index in [0.29, 0.717) is 23.6 Å². The minimum Gasteiger partial charge on any atom is -0.491 e. The standard InChI is InChI=1S/C25H23N3O4S/c29-24(16-15-20-10-6-12-21(18-20)28(30)31)27-25(33)26-22-13-4-5-14-23(22)32-17-7-11-19-8-2-1-3-9-19/h1-6,8-10,12-16,18H,7,11,17H2,(H2,26,27,29,33)/b16-15+. The number of hydrogen-bond donors (Lipinski definition) is 2. The van der Waals surface area contributed by atoms with E-state index in [0.717, 1.165) is 12.8 Å². The molecule has 33 heavy (non-hydrogen) atoms. The molecule has 0 atom stereocenters. The van der Waals surface area contributed by atoms with Crippen molar-refractivity contribution in [2.45, 2.75) is 12.8 Å². The molecule has 0 aromatic heterocycles. The molecule has 8 heteroatoms. The number of carbonyl (C=O) groups excluding carboxylic acids is 1. The molecule has 3 aromatic rings. The summed E-state index contributed by atoms with van der Waals surface area (Å²) in [6, 6.07) is 23.5. The quantitative estimate of drug-likeness (QED) is 0.151. The molecule has 1 amide bonds. The first-order valence-corrected chi connectivity index (χ1v) is 10.7. The summed E-state index contributed by atoms with van der Waals surface area (Å²) >= 11 is 5.24.